The summed E-state index contributed by atoms with van der Waals surface area (Å²) in [6.45, 7) is 6.82. The van der Waals surface area contributed by atoms with E-state index in [0.29, 0.717) is 35.4 Å². The van der Waals surface area contributed by atoms with E-state index in [-0.39, 0.29) is 81.5 Å². The molecule has 1 aliphatic rings. The minimum absolute atomic E-state index is 0.0853. The van der Waals surface area contributed by atoms with Crippen molar-refractivity contribution < 1.29 is 37.1 Å². The number of benzene rings is 1. The normalized spacial score (nSPS) is 13.4. The number of carbonyl (C=O) groups is 5. The molecule has 0 spiro atoms. The van der Waals surface area contributed by atoms with Crippen LogP contribution < -0.4 is 10.0 Å². The molecule has 5 amide bonds. The molecule has 0 saturated carbocycles. The van der Waals surface area contributed by atoms with Crippen molar-refractivity contribution in [3.63, 3.8) is 0 Å². The number of imide groups is 1. The van der Waals surface area contributed by atoms with Gasteiger partial charge in [0.15, 0.2) is 5.82 Å². The maximum Gasteiger partial charge on any atom is 0.253 e. The van der Waals surface area contributed by atoms with Crippen molar-refractivity contribution in [1.82, 2.24) is 34.0 Å². The van der Waals surface area contributed by atoms with Crippen LogP contribution in [0, 0.1) is 0 Å². The lowest BCUT2D eigenvalue weighted by Gasteiger charge is -2.27. The van der Waals surface area contributed by atoms with Gasteiger partial charge in [0.05, 0.1) is 17.3 Å². The SMILES string of the molecule is CCOCc1nc2c(NC(=O)CCC(=O)N(C)CCN(C)C(=O)CCCN3C(=O)C=CC3=O)nc3ccccc3c2n1CC(C)(C)NS(C)(=O)=O. The smallest absolute Gasteiger partial charge is 0.253 e. The summed E-state index contributed by atoms with van der Waals surface area (Å²) in [7, 11) is -0.321. The summed E-state index contributed by atoms with van der Waals surface area (Å²) >= 11 is 0. The van der Waals surface area contributed by atoms with Gasteiger partial charge in [-0.3, -0.25) is 28.9 Å². The minimum atomic E-state index is -3.53. The molecule has 51 heavy (non-hydrogen) atoms. The molecular formula is C34H46N8O8S. The molecule has 4 rings (SSSR count). The number of para-hydroxylation sites is 1. The van der Waals surface area contributed by atoms with Crippen molar-refractivity contribution in [1.29, 1.82) is 0 Å². The number of fused-ring (bicyclic) bond motifs is 3. The molecule has 0 bridgehead atoms. The number of carbonyl (C=O) groups excluding carboxylic acids is 5. The molecule has 3 heterocycles. The standard InChI is InChI=1S/C34H46N8O8S/c1-7-50-21-25-36-31-32(42(25)22-34(2,3)38-51(6,48)49)23-11-8-9-12-24(23)35-33(31)37-26(43)14-15-28(45)40(5)20-19-39(4)27(44)13-10-18-41-29(46)16-17-30(41)47/h8-9,11-12,16-17,38H,7,10,13-15,18-22H2,1-6H3,(H,35,37,43). The van der Waals surface area contributed by atoms with Gasteiger partial charge in [-0.1, -0.05) is 18.2 Å². The number of hydrogen-bond acceptors (Lipinski definition) is 10. The van der Waals surface area contributed by atoms with Gasteiger partial charge < -0.3 is 24.4 Å². The van der Waals surface area contributed by atoms with Crippen LogP contribution >= 0.6 is 0 Å². The van der Waals surface area contributed by atoms with E-state index in [1.165, 1.54) is 22.0 Å². The molecule has 2 aromatic heterocycles. The lowest BCUT2D eigenvalue weighted by atomic mass is 10.1. The zero-order chi connectivity index (χ0) is 37.5. The highest BCUT2D eigenvalue weighted by atomic mass is 32.2. The van der Waals surface area contributed by atoms with E-state index in [2.05, 4.69) is 15.0 Å². The number of nitrogens with zero attached hydrogens (tertiary/aromatic N) is 6. The maximum absolute atomic E-state index is 13.2. The van der Waals surface area contributed by atoms with Gasteiger partial charge in [-0.25, -0.2) is 23.1 Å². The second-order valence-electron chi connectivity index (χ2n) is 13.1. The molecule has 2 N–H and O–H groups in total. The van der Waals surface area contributed by atoms with Crippen LogP contribution in [0.4, 0.5) is 5.82 Å². The molecule has 0 aliphatic carbocycles. The lowest BCUT2D eigenvalue weighted by Crippen LogP contribution is -2.46. The van der Waals surface area contributed by atoms with Gasteiger partial charge >= 0.3 is 0 Å². The fourth-order valence-corrected chi connectivity index (χ4v) is 6.83. The highest BCUT2D eigenvalue weighted by molar-refractivity contribution is 7.88. The average Bonchev–Trinajstić information content (AvgIpc) is 3.58. The highest BCUT2D eigenvalue weighted by Gasteiger charge is 2.28. The summed E-state index contributed by atoms with van der Waals surface area (Å²) < 4.78 is 34.5. The number of ether oxygens (including phenoxy) is 1. The third kappa shape index (κ3) is 10.4. The summed E-state index contributed by atoms with van der Waals surface area (Å²) in [5.74, 6) is -0.964. The van der Waals surface area contributed by atoms with E-state index < -0.39 is 21.5 Å². The molecule has 276 valence electrons. The molecule has 1 aromatic carbocycles. The van der Waals surface area contributed by atoms with Gasteiger partial charge in [-0.05, 0) is 33.3 Å². The first-order chi connectivity index (χ1) is 24.0. The lowest BCUT2D eigenvalue weighted by molar-refractivity contribution is -0.138. The largest absolute Gasteiger partial charge is 0.374 e. The van der Waals surface area contributed by atoms with Crippen LogP contribution in [-0.2, 0) is 51.9 Å². The van der Waals surface area contributed by atoms with E-state index >= 15 is 0 Å². The van der Waals surface area contributed by atoms with E-state index in [1.54, 1.807) is 34.0 Å². The Balaban J connectivity index is 1.40. The number of anilines is 1. The summed E-state index contributed by atoms with van der Waals surface area (Å²) in [5, 5.41) is 3.58. The Morgan fingerprint density at radius 3 is 2.20 bits per heavy atom. The third-order valence-electron chi connectivity index (χ3n) is 8.23. The summed E-state index contributed by atoms with van der Waals surface area (Å²) in [6, 6.07) is 7.36. The summed E-state index contributed by atoms with van der Waals surface area (Å²) in [4.78, 5) is 75.5. The molecule has 1 aliphatic heterocycles. The predicted molar refractivity (Wildman–Crippen MR) is 191 cm³/mol. The second kappa shape index (κ2) is 16.5. The number of amides is 5. The number of imidazole rings is 1. The number of nitrogens with one attached hydrogen (secondary N) is 2. The molecule has 0 atom stereocenters. The van der Waals surface area contributed by atoms with Gasteiger partial charge in [0, 0.05) is 89.2 Å². The van der Waals surface area contributed by atoms with Gasteiger partial charge in [0.25, 0.3) is 11.8 Å². The minimum Gasteiger partial charge on any atom is -0.374 e. The van der Waals surface area contributed by atoms with Crippen molar-refractivity contribution in [2.75, 3.05) is 51.9 Å². The van der Waals surface area contributed by atoms with Crippen LogP contribution in [0.3, 0.4) is 0 Å². The molecule has 0 unspecified atom stereocenters. The Bertz CT molecular complexity index is 1940. The predicted octanol–water partition coefficient (Wildman–Crippen LogP) is 1.79. The average molecular weight is 727 g/mol. The quantitative estimate of drug-likeness (QED) is 0.183. The first-order valence-corrected chi connectivity index (χ1v) is 18.5. The molecule has 17 heteroatoms. The van der Waals surface area contributed by atoms with Crippen LogP contribution in [-0.4, -0.2) is 119 Å². The van der Waals surface area contributed by atoms with Crippen LogP contribution in [0.25, 0.3) is 21.9 Å². The van der Waals surface area contributed by atoms with Crippen molar-refractivity contribution >= 4 is 67.3 Å². The van der Waals surface area contributed by atoms with Gasteiger partial charge in [0.1, 0.15) is 17.9 Å². The molecule has 16 nitrogen and oxygen atoms in total. The van der Waals surface area contributed by atoms with Gasteiger partial charge in [0.2, 0.25) is 27.7 Å². The second-order valence-corrected chi connectivity index (χ2v) is 14.9. The molecule has 0 radical (unpaired) electrons. The molecule has 3 aromatic rings. The Kier molecular flexibility index (Phi) is 12.6. The van der Waals surface area contributed by atoms with Crippen molar-refractivity contribution in [3.05, 3.63) is 42.2 Å². The van der Waals surface area contributed by atoms with Crippen molar-refractivity contribution in [2.45, 2.75) is 65.1 Å². The van der Waals surface area contributed by atoms with Gasteiger partial charge in [-0.2, -0.15) is 0 Å². The monoisotopic (exact) mass is 726 g/mol. The van der Waals surface area contributed by atoms with Crippen LogP contribution in [0.5, 0.6) is 0 Å². The number of sulfonamides is 1. The van der Waals surface area contributed by atoms with E-state index in [0.717, 1.165) is 16.5 Å². The zero-order valence-electron chi connectivity index (χ0n) is 29.9. The zero-order valence-corrected chi connectivity index (χ0v) is 30.7. The fraction of sp³-hybridized carbons (Fsp3) is 0.500. The summed E-state index contributed by atoms with van der Waals surface area (Å²) in [6.07, 6.45) is 3.76. The Labute approximate surface area is 297 Å². The Morgan fingerprint density at radius 1 is 0.941 bits per heavy atom. The van der Waals surface area contributed by atoms with Crippen molar-refractivity contribution in [3.8, 4) is 0 Å². The van der Waals surface area contributed by atoms with E-state index in [4.69, 9.17) is 9.72 Å². The Hall–Kier alpha value is -4.74. The number of pyridine rings is 1. The number of rotatable bonds is 18. The van der Waals surface area contributed by atoms with Crippen LogP contribution in [0.2, 0.25) is 0 Å². The fourth-order valence-electron chi connectivity index (χ4n) is 5.76. The topological polar surface area (TPSA) is 193 Å². The highest BCUT2D eigenvalue weighted by Crippen LogP contribution is 2.32. The van der Waals surface area contributed by atoms with Crippen LogP contribution in [0.1, 0.15) is 52.3 Å². The van der Waals surface area contributed by atoms with Crippen molar-refractivity contribution in [2.24, 2.45) is 0 Å². The molecule has 0 saturated heterocycles. The van der Waals surface area contributed by atoms with Crippen LogP contribution in [0.15, 0.2) is 36.4 Å². The van der Waals surface area contributed by atoms with E-state index in [1.807, 2.05) is 29.7 Å². The number of hydrogen-bond donors (Lipinski definition) is 2. The molecular weight excluding hydrogens is 680 g/mol. The maximum atomic E-state index is 13.2. The Morgan fingerprint density at radius 2 is 1.57 bits per heavy atom. The first kappa shape index (κ1) is 39.1. The summed E-state index contributed by atoms with van der Waals surface area (Å²) in [5.41, 5.74) is 0.735. The molecule has 0 fully saturated rings. The van der Waals surface area contributed by atoms with E-state index in [9.17, 15) is 32.4 Å². The number of aromatic nitrogens is 3. The number of likely N-dealkylation sites (N-methyl/N-ethyl adjacent to an activating group) is 2. The third-order valence-corrected chi connectivity index (χ3v) is 9.16. The first-order valence-electron chi connectivity index (χ1n) is 16.7. The van der Waals surface area contributed by atoms with Gasteiger partial charge in [-0.15, -0.1) is 0 Å².